The number of hydrogen-bond acceptors (Lipinski definition) is 6. The standard InChI is InChI=1S/C24H30Cl2N6O/c1-15-21-11-27-24(31-13-18(14-31)17-4-3-7-30(12-17)8-9-33)28-23(21)32(29-15)16(2)20-6-5-19(25)10-22(20)26/h5-6,10-11,16-18,33H,3-4,7-9,12-14H2,1-2H3/t16?,17-/m1/s1. The zero-order chi connectivity index (χ0) is 23.1. The van der Waals surface area contributed by atoms with Crippen LogP contribution in [0.5, 0.6) is 0 Å². The van der Waals surface area contributed by atoms with Crippen molar-refractivity contribution >= 4 is 40.2 Å². The van der Waals surface area contributed by atoms with Gasteiger partial charge in [-0.2, -0.15) is 10.1 Å². The number of benzene rings is 1. The minimum atomic E-state index is -0.0856. The number of aliphatic hydroxyl groups excluding tert-OH is 1. The molecule has 1 unspecified atom stereocenters. The number of aliphatic hydroxyl groups is 1. The first-order valence-electron chi connectivity index (χ1n) is 11.7. The highest BCUT2D eigenvalue weighted by molar-refractivity contribution is 6.35. The van der Waals surface area contributed by atoms with Crippen LogP contribution < -0.4 is 4.90 Å². The normalized spacial score (nSPS) is 20.9. The molecule has 7 nitrogen and oxygen atoms in total. The predicted octanol–water partition coefficient (Wildman–Crippen LogP) is 4.19. The van der Waals surface area contributed by atoms with E-state index in [4.69, 9.17) is 33.3 Å². The topological polar surface area (TPSA) is 70.3 Å². The van der Waals surface area contributed by atoms with Gasteiger partial charge in [0, 0.05) is 42.4 Å². The Hall–Kier alpha value is -1.93. The molecule has 0 saturated carbocycles. The minimum absolute atomic E-state index is 0.0856. The molecule has 9 heteroatoms. The van der Waals surface area contributed by atoms with Gasteiger partial charge in [0.2, 0.25) is 5.95 Å². The number of hydrogen-bond donors (Lipinski definition) is 1. The van der Waals surface area contributed by atoms with E-state index in [-0.39, 0.29) is 12.6 Å². The third kappa shape index (κ3) is 4.44. The van der Waals surface area contributed by atoms with Crippen molar-refractivity contribution in [2.75, 3.05) is 44.2 Å². The molecule has 0 radical (unpaired) electrons. The van der Waals surface area contributed by atoms with Gasteiger partial charge >= 0.3 is 0 Å². The number of halogens is 2. The molecule has 2 aliphatic rings. The number of nitrogens with zero attached hydrogens (tertiary/aromatic N) is 6. The fourth-order valence-corrected chi connectivity index (χ4v) is 5.81. The van der Waals surface area contributed by atoms with E-state index in [2.05, 4.69) is 21.7 Å². The SMILES string of the molecule is Cc1nn(C(C)c2ccc(Cl)cc2Cl)c2nc(N3CC([C@@H]4CCCN(CCO)C4)C3)ncc12. The van der Waals surface area contributed by atoms with E-state index in [0.717, 1.165) is 61.0 Å². The molecule has 2 fully saturated rings. The summed E-state index contributed by atoms with van der Waals surface area (Å²) in [4.78, 5) is 14.3. The number of aromatic nitrogens is 4. The maximum absolute atomic E-state index is 9.27. The van der Waals surface area contributed by atoms with Crippen LogP contribution in [0.1, 0.15) is 37.1 Å². The Kier molecular flexibility index (Phi) is 6.49. The van der Waals surface area contributed by atoms with E-state index < -0.39 is 0 Å². The first kappa shape index (κ1) is 22.8. The highest BCUT2D eigenvalue weighted by Gasteiger charge is 2.37. The average Bonchev–Trinajstić information content (AvgIpc) is 3.09. The van der Waals surface area contributed by atoms with Crippen molar-refractivity contribution in [2.45, 2.75) is 32.7 Å². The number of fused-ring (bicyclic) bond motifs is 1. The minimum Gasteiger partial charge on any atom is -0.395 e. The Labute approximate surface area is 204 Å². The molecular weight excluding hydrogens is 459 g/mol. The van der Waals surface area contributed by atoms with Gasteiger partial charge in [-0.1, -0.05) is 29.3 Å². The van der Waals surface area contributed by atoms with Crippen LogP contribution in [0.3, 0.4) is 0 Å². The molecule has 2 atom stereocenters. The summed E-state index contributed by atoms with van der Waals surface area (Å²) in [6.07, 6.45) is 4.38. The van der Waals surface area contributed by atoms with Crippen LogP contribution in [0.2, 0.25) is 10.0 Å². The van der Waals surface area contributed by atoms with Crippen LogP contribution in [0.4, 0.5) is 5.95 Å². The number of β-amino-alcohol motifs (C(OH)–C–C–N with tert-alkyl or cyclic N) is 1. The fourth-order valence-electron chi connectivity index (χ4n) is 5.25. The van der Waals surface area contributed by atoms with E-state index in [1.54, 1.807) is 6.07 Å². The fraction of sp³-hybridized carbons (Fsp3) is 0.542. The Morgan fingerprint density at radius 2 is 2.00 bits per heavy atom. The average molecular weight is 489 g/mol. The molecule has 4 heterocycles. The van der Waals surface area contributed by atoms with Crippen molar-refractivity contribution in [3.8, 4) is 0 Å². The van der Waals surface area contributed by atoms with Gasteiger partial charge < -0.3 is 14.9 Å². The molecule has 3 aromatic rings. The van der Waals surface area contributed by atoms with E-state index in [1.807, 2.05) is 29.9 Å². The van der Waals surface area contributed by atoms with Gasteiger partial charge in [-0.15, -0.1) is 0 Å². The van der Waals surface area contributed by atoms with Gasteiger partial charge in [0.05, 0.1) is 23.7 Å². The van der Waals surface area contributed by atoms with Gasteiger partial charge in [0.25, 0.3) is 0 Å². The van der Waals surface area contributed by atoms with Crippen LogP contribution in [-0.4, -0.2) is 69.1 Å². The Bertz CT molecular complexity index is 1140. The summed E-state index contributed by atoms with van der Waals surface area (Å²) in [5, 5.41) is 16.2. The number of anilines is 1. The zero-order valence-electron chi connectivity index (χ0n) is 19.1. The van der Waals surface area contributed by atoms with Crippen molar-refractivity contribution < 1.29 is 5.11 Å². The molecule has 2 aliphatic heterocycles. The predicted molar refractivity (Wildman–Crippen MR) is 132 cm³/mol. The van der Waals surface area contributed by atoms with Crippen molar-refractivity contribution in [3.05, 3.63) is 45.7 Å². The largest absolute Gasteiger partial charge is 0.395 e. The van der Waals surface area contributed by atoms with Gasteiger partial charge in [0.1, 0.15) is 0 Å². The Balaban J connectivity index is 1.35. The Morgan fingerprint density at radius 1 is 1.18 bits per heavy atom. The van der Waals surface area contributed by atoms with E-state index in [1.165, 1.54) is 12.8 Å². The summed E-state index contributed by atoms with van der Waals surface area (Å²) in [5.41, 5.74) is 2.69. The van der Waals surface area contributed by atoms with Crippen molar-refractivity contribution in [1.29, 1.82) is 0 Å². The van der Waals surface area contributed by atoms with Crippen LogP contribution in [0.25, 0.3) is 11.0 Å². The Morgan fingerprint density at radius 3 is 2.76 bits per heavy atom. The lowest BCUT2D eigenvalue weighted by atomic mass is 9.81. The van der Waals surface area contributed by atoms with Gasteiger partial charge in [-0.25, -0.2) is 9.67 Å². The van der Waals surface area contributed by atoms with E-state index >= 15 is 0 Å². The molecule has 33 heavy (non-hydrogen) atoms. The molecule has 0 spiro atoms. The second-order valence-corrected chi connectivity index (χ2v) is 10.2. The summed E-state index contributed by atoms with van der Waals surface area (Å²) >= 11 is 12.6. The number of aryl methyl sites for hydroxylation is 1. The maximum atomic E-state index is 9.27. The van der Waals surface area contributed by atoms with Crippen molar-refractivity contribution in [3.63, 3.8) is 0 Å². The van der Waals surface area contributed by atoms with Crippen LogP contribution in [-0.2, 0) is 0 Å². The monoisotopic (exact) mass is 488 g/mol. The quantitative estimate of drug-likeness (QED) is 0.560. The van der Waals surface area contributed by atoms with E-state index in [9.17, 15) is 5.11 Å². The second-order valence-electron chi connectivity index (χ2n) is 9.37. The third-order valence-corrected chi connectivity index (χ3v) is 7.78. The molecule has 0 bridgehead atoms. The third-order valence-electron chi connectivity index (χ3n) is 7.22. The summed E-state index contributed by atoms with van der Waals surface area (Å²) in [5.74, 6) is 2.10. The van der Waals surface area contributed by atoms with Crippen LogP contribution >= 0.6 is 23.2 Å². The molecule has 2 saturated heterocycles. The molecule has 5 rings (SSSR count). The summed E-state index contributed by atoms with van der Waals surface area (Å²) in [7, 11) is 0. The zero-order valence-corrected chi connectivity index (χ0v) is 20.6. The van der Waals surface area contributed by atoms with Crippen LogP contribution in [0, 0.1) is 18.8 Å². The first-order valence-corrected chi connectivity index (χ1v) is 12.4. The number of likely N-dealkylation sites (tertiary alicyclic amines) is 1. The van der Waals surface area contributed by atoms with Gasteiger partial charge in [-0.3, -0.25) is 0 Å². The number of piperidine rings is 1. The lowest BCUT2D eigenvalue weighted by Gasteiger charge is -2.46. The highest BCUT2D eigenvalue weighted by Crippen LogP contribution is 2.34. The second kappa shape index (κ2) is 9.37. The molecule has 0 amide bonds. The summed E-state index contributed by atoms with van der Waals surface area (Å²) in [6, 6.07) is 5.48. The molecule has 0 aliphatic carbocycles. The number of rotatable bonds is 6. The van der Waals surface area contributed by atoms with E-state index in [0.29, 0.717) is 21.9 Å². The van der Waals surface area contributed by atoms with Gasteiger partial charge in [0.15, 0.2) is 5.65 Å². The lowest BCUT2D eigenvalue weighted by Crippen LogP contribution is -2.54. The van der Waals surface area contributed by atoms with Crippen molar-refractivity contribution in [2.24, 2.45) is 11.8 Å². The molecule has 2 aromatic heterocycles. The maximum Gasteiger partial charge on any atom is 0.227 e. The molecule has 176 valence electrons. The van der Waals surface area contributed by atoms with Crippen molar-refractivity contribution in [1.82, 2.24) is 24.6 Å². The molecule has 1 aromatic carbocycles. The highest BCUT2D eigenvalue weighted by atomic mass is 35.5. The smallest absolute Gasteiger partial charge is 0.227 e. The lowest BCUT2D eigenvalue weighted by molar-refractivity contribution is 0.101. The first-order chi connectivity index (χ1) is 15.9. The summed E-state index contributed by atoms with van der Waals surface area (Å²) < 4.78 is 1.94. The van der Waals surface area contributed by atoms with Crippen LogP contribution in [0.15, 0.2) is 24.4 Å². The van der Waals surface area contributed by atoms with Gasteiger partial charge in [-0.05, 0) is 62.8 Å². The molecular formula is C24H30Cl2N6O. The summed E-state index contributed by atoms with van der Waals surface area (Å²) in [6.45, 7) is 9.24. The molecule has 1 N–H and O–H groups in total.